The Hall–Kier alpha value is -2.27. The molecule has 1 saturated heterocycles. The van der Waals surface area contributed by atoms with Crippen LogP contribution in [0, 0.1) is 0 Å². The predicted octanol–water partition coefficient (Wildman–Crippen LogP) is 2.05. The van der Waals surface area contributed by atoms with E-state index in [0.717, 1.165) is 36.5 Å². The third-order valence-corrected chi connectivity index (χ3v) is 4.16. The first-order valence-electron chi connectivity index (χ1n) is 7.55. The molecule has 0 aliphatic carbocycles. The molecule has 2 aromatic rings. The van der Waals surface area contributed by atoms with Crippen molar-refractivity contribution in [3.8, 4) is 11.3 Å². The van der Waals surface area contributed by atoms with E-state index in [1.807, 2.05) is 12.1 Å². The number of nitrogens with zero attached hydrogens (tertiary/aromatic N) is 3. The van der Waals surface area contributed by atoms with Gasteiger partial charge in [-0.3, -0.25) is 14.8 Å². The summed E-state index contributed by atoms with van der Waals surface area (Å²) in [4.78, 5) is 22.8. The maximum absolute atomic E-state index is 11.4. The van der Waals surface area contributed by atoms with Crippen molar-refractivity contribution in [1.29, 1.82) is 0 Å². The Balaban J connectivity index is 2.01. The van der Waals surface area contributed by atoms with E-state index in [4.69, 9.17) is 5.73 Å². The summed E-state index contributed by atoms with van der Waals surface area (Å²) < 4.78 is 0. The van der Waals surface area contributed by atoms with E-state index in [0.29, 0.717) is 11.5 Å². The van der Waals surface area contributed by atoms with Crippen molar-refractivity contribution in [2.75, 3.05) is 20.1 Å². The minimum atomic E-state index is -0.426. The van der Waals surface area contributed by atoms with Gasteiger partial charge >= 0.3 is 0 Å². The van der Waals surface area contributed by atoms with Gasteiger partial charge < -0.3 is 10.6 Å². The van der Waals surface area contributed by atoms with Gasteiger partial charge in [-0.15, -0.1) is 0 Å². The molecule has 1 aliphatic rings. The topological polar surface area (TPSA) is 72.1 Å². The molecular formula is C17H20N4O. The van der Waals surface area contributed by atoms with Crippen molar-refractivity contribution < 1.29 is 4.79 Å². The van der Waals surface area contributed by atoms with Crippen LogP contribution in [0.3, 0.4) is 0 Å². The predicted molar refractivity (Wildman–Crippen MR) is 85.5 cm³/mol. The monoisotopic (exact) mass is 296 g/mol. The van der Waals surface area contributed by atoms with Crippen LogP contribution in [0.25, 0.3) is 11.3 Å². The van der Waals surface area contributed by atoms with Crippen LogP contribution in [0.2, 0.25) is 0 Å². The fraction of sp³-hybridized carbons (Fsp3) is 0.353. The van der Waals surface area contributed by atoms with Gasteiger partial charge in [0.2, 0.25) is 5.91 Å². The summed E-state index contributed by atoms with van der Waals surface area (Å²) >= 11 is 0. The maximum Gasteiger partial charge on any atom is 0.248 e. The summed E-state index contributed by atoms with van der Waals surface area (Å²) in [6, 6.07) is 7.30. The van der Waals surface area contributed by atoms with Crippen LogP contribution in [0.4, 0.5) is 0 Å². The number of likely N-dealkylation sites (N-methyl/N-ethyl adjacent to an activating group) is 1. The van der Waals surface area contributed by atoms with Gasteiger partial charge in [0.15, 0.2) is 0 Å². The summed E-state index contributed by atoms with van der Waals surface area (Å²) in [5, 5.41) is 0. The minimum Gasteiger partial charge on any atom is -0.366 e. The molecular weight excluding hydrogens is 276 g/mol. The van der Waals surface area contributed by atoms with Crippen LogP contribution < -0.4 is 5.73 Å². The van der Waals surface area contributed by atoms with Crippen molar-refractivity contribution in [3.05, 3.63) is 47.9 Å². The molecule has 0 radical (unpaired) electrons. The maximum atomic E-state index is 11.4. The number of hydrogen-bond acceptors (Lipinski definition) is 4. The number of benzene rings is 1. The van der Waals surface area contributed by atoms with Crippen molar-refractivity contribution in [2.45, 2.75) is 18.8 Å². The second kappa shape index (κ2) is 6.23. The molecule has 1 aliphatic heterocycles. The Morgan fingerprint density at radius 3 is 2.91 bits per heavy atom. The van der Waals surface area contributed by atoms with Gasteiger partial charge in [-0.2, -0.15) is 0 Å². The van der Waals surface area contributed by atoms with Crippen LogP contribution in [0.1, 0.15) is 34.8 Å². The Bertz CT molecular complexity index is 686. The molecule has 2 N–H and O–H groups in total. The minimum absolute atomic E-state index is 0.375. The summed E-state index contributed by atoms with van der Waals surface area (Å²) in [7, 11) is 2.13. The van der Waals surface area contributed by atoms with Crippen LogP contribution in [0.15, 0.2) is 36.7 Å². The van der Waals surface area contributed by atoms with Gasteiger partial charge in [0.25, 0.3) is 0 Å². The van der Waals surface area contributed by atoms with Crippen LogP contribution >= 0.6 is 0 Å². The zero-order valence-corrected chi connectivity index (χ0v) is 12.7. The van der Waals surface area contributed by atoms with E-state index in [-0.39, 0.29) is 0 Å². The van der Waals surface area contributed by atoms with E-state index in [1.165, 1.54) is 6.42 Å². The molecule has 0 unspecified atom stereocenters. The van der Waals surface area contributed by atoms with Gasteiger partial charge in [0.05, 0.1) is 11.4 Å². The fourth-order valence-electron chi connectivity index (χ4n) is 3.08. The molecule has 1 atom stereocenters. The molecule has 5 heteroatoms. The second-order valence-corrected chi connectivity index (χ2v) is 5.84. The number of primary amides is 1. The summed E-state index contributed by atoms with van der Waals surface area (Å²) in [5.74, 6) is -0.0515. The average Bonchev–Trinajstić information content (AvgIpc) is 2.55. The van der Waals surface area contributed by atoms with Crippen LogP contribution in [-0.4, -0.2) is 40.9 Å². The first kappa shape index (κ1) is 14.7. The first-order valence-corrected chi connectivity index (χ1v) is 7.55. The van der Waals surface area contributed by atoms with Gasteiger partial charge in [-0.05, 0) is 38.6 Å². The smallest absolute Gasteiger partial charge is 0.248 e. The van der Waals surface area contributed by atoms with E-state index in [2.05, 4.69) is 21.9 Å². The Morgan fingerprint density at radius 2 is 2.14 bits per heavy atom. The Labute approximate surface area is 130 Å². The molecule has 0 bridgehead atoms. The molecule has 1 amide bonds. The van der Waals surface area contributed by atoms with Gasteiger partial charge in [-0.25, -0.2) is 0 Å². The molecule has 1 aromatic carbocycles. The average molecular weight is 296 g/mol. The number of rotatable bonds is 3. The highest BCUT2D eigenvalue weighted by atomic mass is 16.1. The number of hydrogen-bond donors (Lipinski definition) is 1. The van der Waals surface area contributed by atoms with E-state index >= 15 is 0 Å². The highest BCUT2D eigenvalue weighted by molar-refractivity contribution is 5.94. The lowest BCUT2D eigenvalue weighted by atomic mass is 9.91. The van der Waals surface area contributed by atoms with Gasteiger partial charge in [-0.1, -0.05) is 12.1 Å². The SMILES string of the molecule is CN1CCC[C@H](c2nccnc2-c2cccc(C(N)=O)c2)C1. The van der Waals surface area contributed by atoms with Crippen LogP contribution in [0.5, 0.6) is 0 Å². The lowest BCUT2D eigenvalue weighted by molar-refractivity contribution is 0.100. The van der Waals surface area contributed by atoms with Crippen molar-refractivity contribution in [3.63, 3.8) is 0 Å². The van der Waals surface area contributed by atoms with Gasteiger partial charge in [0, 0.05) is 36.0 Å². The van der Waals surface area contributed by atoms with Crippen molar-refractivity contribution in [2.24, 2.45) is 5.73 Å². The standard InChI is InChI=1S/C17H20N4O/c1-21-9-3-6-14(11-21)16-15(19-7-8-20-16)12-4-2-5-13(10-12)17(18)22/h2,4-5,7-8,10,14H,3,6,9,11H2,1H3,(H2,18,22)/t14-/m0/s1. The number of piperidine rings is 1. The molecule has 1 aromatic heterocycles. The highest BCUT2D eigenvalue weighted by Crippen LogP contribution is 2.31. The summed E-state index contributed by atoms with van der Waals surface area (Å²) in [6.45, 7) is 2.12. The molecule has 0 spiro atoms. The quantitative estimate of drug-likeness (QED) is 0.941. The first-order chi connectivity index (χ1) is 10.6. The molecule has 5 nitrogen and oxygen atoms in total. The number of nitrogens with two attached hydrogens (primary N) is 1. The zero-order valence-electron chi connectivity index (χ0n) is 12.7. The van der Waals surface area contributed by atoms with Gasteiger partial charge in [0.1, 0.15) is 0 Å². The summed E-state index contributed by atoms with van der Waals surface area (Å²) in [5.41, 5.74) is 8.63. The number of aromatic nitrogens is 2. The highest BCUT2D eigenvalue weighted by Gasteiger charge is 2.23. The van der Waals surface area contributed by atoms with Crippen molar-refractivity contribution in [1.82, 2.24) is 14.9 Å². The number of carbonyl (C=O) groups excluding carboxylic acids is 1. The lowest BCUT2D eigenvalue weighted by Gasteiger charge is -2.30. The fourth-order valence-corrected chi connectivity index (χ4v) is 3.08. The number of amides is 1. The Kier molecular flexibility index (Phi) is 4.15. The van der Waals surface area contributed by atoms with E-state index in [9.17, 15) is 4.79 Å². The number of likely N-dealkylation sites (tertiary alicyclic amines) is 1. The lowest BCUT2D eigenvalue weighted by Crippen LogP contribution is -2.31. The molecule has 2 heterocycles. The second-order valence-electron chi connectivity index (χ2n) is 5.84. The molecule has 114 valence electrons. The van der Waals surface area contributed by atoms with Crippen molar-refractivity contribution >= 4 is 5.91 Å². The van der Waals surface area contributed by atoms with Crippen LogP contribution in [-0.2, 0) is 0 Å². The third kappa shape index (κ3) is 2.99. The normalized spacial score (nSPS) is 19.0. The summed E-state index contributed by atoms with van der Waals surface area (Å²) in [6.07, 6.45) is 5.72. The van der Waals surface area contributed by atoms with E-state index in [1.54, 1.807) is 24.5 Å². The third-order valence-electron chi connectivity index (χ3n) is 4.16. The number of carbonyl (C=O) groups is 1. The molecule has 1 fully saturated rings. The molecule has 3 rings (SSSR count). The molecule has 22 heavy (non-hydrogen) atoms. The van der Waals surface area contributed by atoms with E-state index < -0.39 is 5.91 Å². The largest absolute Gasteiger partial charge is 0.366 e. The Morgan fingerprint density at radius 1 is 1.32 bits per heavy atom. The zero-order chi connectivity index (χ0) is 15.5. The molecule has 0 saturated carbocycles.